The number of ether oxygens (including phenoxy) is 2. The zero-order valence-electron chi connectivity index (χ0n) is 25.3. The molecule has 6 rings (SSSR count). The van der Waals surface area contributed by atoms with E-state index in [0.717, 1.165) is 40.3 Å². The molecule has 1 atom stereocenters. The highest BCUT2D eigenvalue weighted by atomic mass is 16.5. The van der Waals surface area contributed by atoms with Gasteiger partial charge in [-0.05, 0) is 75.5 Å². The first-order chi connectivity index (χ1) is 21.3. The van der Waals surface area contributed by atoms with E-state index in [1.165, 1.54) is 6.08 Å². The number of para-hydroxylation sites is 1. The number of hydrogen-bond acceptors (Lipinski definition) is 9. The molecule has 2 aromatic carbocycles. The Balaban J connectivity index is 1.37. The van der Waals surface area contributed by atoms with Crippen molar-refractivity contribution in [1.29, 1.82) is 0 Å². The SMILES string of the molecule is C=CC(=O)N1CCN(c2cc3cnc(Nc4ccc(OCCN(C)C)cc4)nc3n(C3CCOC3)c2=O)c2cccc(C)c21. The first kappa shape index (κ1) is 29.3. The van der Waals surface area contributed by atoms with Gasteiger partial charge in [-0.1, -0.05) is 18.7 Å². The lowest BCUT2D eigenvalue weighted by Gasteiger charge is -2.38. The summed E-state index contributed by atoms with van der Waals surface area (Å²) >= 11 is 0. The quantitative estimate of drug-likeness (QED) is 0.282. The maximum Gasteiger partial charge on any atom is 0.276 e. The van der Waals surface area contributed by atoms with Crippen LogP contribution in [0.1, 0.15) is 18.0 Å². The van der Waals surface area contributed by atoms with Crippen LogP contribution in [0.4, 0.5) is 28.7 Å². The lowest BCUT2D eigenvalue weighted by atomic mass is 10.1. The highest BCUT2D eigenvalue weighted by Gasteiger charge is 2.31. The molecule has 2 aromatic heterocycles. The van der Waals surface area contributed by atoms with Gasteiger partial charge >= 0.3 is 0 Å². The monoisotopic (exact) mass is 595 g/mol. The van der Waals surface area contributed by atoms with Crippen molar-refractivity contribution in [3.63, 3.8) is 0 Å². The number of amides is 1. The van der Waals surface area contributed by atoms with Crippen molar-refractivity contribution < 1.29 is 14.3 Å². The molecule has 1 amide bonds. The number of pyridine rings is 1. The van der Waals surface area contributed by atoms with Crippen LogP contribution in [0.5, 0.6) is 5.75 Å². The number of aromatic nitrogens is 3. The van der Waals surface area contributed by atoms with E-state index in [-0.39, 0.29) is 17.5 Å². The number of nitrogens with one attached hydrogen (secondary N) is 1. The molecule has 1 unspecified atom stereocenters. The Morgan fingerprint density at radius 3 is 2.73 bits per heavy atom. The van der Waals surface area contributed by atoms with Crippen molar-refractivity contribution in [3.05, 3.63) is 83.3 Å². The summed E-state index contributed by atoms with van der Waals surface area (Å²) < 4.78 is 13.3. The van der Waals surface area contributed by atoms with Crippen molar-refractivity contribution in [3.8, 4) is 5.75 Å². The average Bonchev–Trinajstić information content (AvgIpc) is 3.55. The van der Waals surface area contributed by atoms with E-state index < -0.39 is 0 Å². The first-order valence-electron chi connectivity index (χ1n) is 14.8. The van der Waals surface area contributed by atoms with Gasteiger partial charge in [0.2, 0.25) is 5.95 Å². The predicted octanol–water partition coefficient (Wildman–Crippen LogP) is 4.42. The standard InChI is InChI=1S/C33H37N7O4/c1-5-29(41)39-15-14-38(27-8-6-7-22(2)30(27)39)28-19-23-20-34-33(36-31(23)40(32(28)42)25-13-17-43-21-25)35-24-9-11-26(12-10-24)44-18-16-37(3)4/h5-12,19-20,25H,1,13-18,21H2,2-4H3,(H,34,35,36). The molecular weight excluding hydrogens is 558 g/mol. The third-order valence-electron chi connectivity index (χ3n) is 8.00. The fourth-order valence-corrected chi connectivity index (χ4v) is 5.76. The summed E-state index contributed by atoms with van der Waals surface area (Å²) in [5, 5.41) is 4.00. The number of hydrogen-bond donors (Lipinski definition) is 1. The molecule has 11 nitrogen and oxygen atoms in total. The maximum atomic E-state index is 14.3. The van der Waals surface area contributed by atoms with Crippen LogP contribution in [-0.2, 0) is 9.53 Å². The normalized spacial score (nSPS) is 16.3. The van der Waals surface area contributed by atoms with Gasteiger partial charge in [-0.15, -0.1) is 0 Å². The molecule has 4 aromatic rings. The molecule has 1 fully saturated rings. The summed E-state index contributed by atoms with van der Waals surface area (Å²) in [6.07, 6.45) is 3.78. The molecular formula is C33H37N7O4. The van der Waals surface area contributed by atoms with E-state index in [1.807, 2.05) is 74.4 Å². The van der Waals surface area contributed by atoms with E-state index >= 15 is 0 Å². The van der Waals surface area contributed by atoms with Crippen molar-refractivity contribution >= 4 is 45.6 Å². The van der Waals surface area contributed by atoms with Crippen molar-refractivity contribution in [2.24, 2.45) is 0 Å². The van der Waals surface area contributed by atoms with E-state index in [4.69, 9.17) is 14.5 Å². The van der Waals surface area contributed by atoms with Gasteiger partial charge < -0.3 is 29.5 Å². The van der Waals surface area contributed by atoms with Crippen LogP contribution in [0, 0.1) is 6.92 Å². The number of aryl methyl sites for hydroxylation is 1. The Bertz CT molecular complexity index is 1750. The number of nitrogens with zero attached hydrogens (tertiary/aromatic N) is 6. The average molecular weight is 596 g/mol. The van der Waals surface area contributed by atoms with Gasteiger partial charge in [0.1, 0.15) is 23.7 Å². The Labute approximate surface area is 256 Å². The lowest BCUT2D eigenvalue weighted by molar-refractivity contribution is -0.114. The van der Waals surface area contributed by atoms with Gasteiger partial charge in [-0.3, -0.25) is 14.2 Å². The fraction of sp³-hybridized carbons (Fsp3) is 0.333. The summed E-state index contributed by atoms with van der Waals surface area (Å²) in [7, 11) is 4.02. The molecule has 11 heteroatoms. The van der Waals surface area contributed by atoms with Crippen LogP contribution in [0.2, 0.25) is 0 Å². The van der Waals surface area contributed by atoms with Crippen LogP contribution in [0.3, 0.4) is 0 Å². The van der Waals surface area contributed by atoms with E-state index in [2.05, 4.69) is 21.8 Å². The van der Waals surface area contributed by atoms with E-state index in [9.17, 15) is 9.59 Å². The minimum atomic E-state index is -0.167. The molecule has 228 valence electrons. The molecule has 0 radical (unpaired) electrons. The van der Waals surface area contributed by atoms with Gasteiger partial charge in [0.25, 0.3) is 11.5 Å². The van der Waals surface area contributed by atoms with Crippen molar-refractivity contribution in [2.45, 2.75) is 19.4 Å². The highest BCUT2D eigenvalue weighted by Crippen LogP contribution is 2.40. The number of rotatable bonds is 9. The summed E-state index contributed by atoms with van der Waals surface area (Å²) in [6, 6.07) is 15.2. The molecule has 2 aliphatic heterocycles. The largest absolute Gasteiger partial charge is 0.492 e. The van der Waals surface area contributed by atoms with Crippen LogP contribution in [0.25, 0.3) is 11.0 Å². The minimum absolute atomic E-state index is 0.159. The summed E-state index contributed by atoms with van der Waals surface area (Å²) in [4.78, 5) is 42.3. The number of carbonyl (C=O) groups is 1. The second kappa shape index (κ2) is 12.5. The number of fused-ring (bicyclic) bond motifs is 2. The van der Waals surface area contributed by atoms with E-state index in [1.54, 1.807) is 15.7 Å². The number of benzene rings is 2. The van der Waals surface area contributed by atoms with Crippen molar-refractivity contribution in [2.75, 3.05) is 68.7 Å². The second-order valence-electron chi connectivity index (χ2n) is 11.3. The van der Waals surface area contributed by atoms with Gasteiger partial charge in [0.05, 0.1) is 24.0 Å². The minimum Gasteiger partial charge on any atom is -0.492 e. The van der Waals surface area contributed by atoms with Crippen LogP contribution < -0.4 is 25.4 Å². The second-order valence-corrected chi connectivity index (χ2v) is 11.3. The smallest absolute Gasteiger partial charge is 0.276 e. The molecule has 4 heterocycles. The molecule has 1 saturated heterocycles. The molecule has 44 heavy (non-hydrogen) atoms. The number of likely N-dealkylation sites (N-methyl/N-ethyl adjacent to an activating group) is 1. The van der Waals surface area contributed by atoms with E-state index in [0.29, 0.717) is 56.6 Å². The maximum absolute atomic E-state index is 14.3. The predicted molar refractivity (Wildman–Crippen MR) is 173 cm³/mol. The topological polar surface area (TPSA) is 105 Å². The molecule has 0 bridgehead atoms. The third-order valence-corrected chi connectivity index (χ3v) is 8.00. The van der Waals surface area contributed by atoms with Crippen LogP contribution in [0.15, 0.2) is 72.2 Å². The summed E-state index contributed by atoms with van der Waals surface area (Å²) in [5.74, 6) is 1.00. The molecule has 1 N–H and O–H groups in total. The summed E-state index contributed by atoms with van der Waals surface area (Å²) in [6.45, 7) is 8.96. The molecule has 2 aliphatic rings. The highest BCUT2D eigenvalue weighted by molar-refractivity contribution is 6.05. The zero-order valence-corrected chi connectivity index (χ0v) is 25.3. The number of carbonyl (C=O) groups excluding carboxylic acids is 1. The molecule has 0 aliphatic carbocycles. The molecule has 0 spiro atoms. The van der Waals surface area contributed by atoms with Crippen LogP contribution >= 0.6 is 0 Å². The Morgan fingerprint density at radius 2 is 2.00 bits per heavy atom. The van der Waals surface area contributed by atoms with Crippen LogP contribution in [-0.4, -0.2) is 78.9 Å². The Hall–Kier alpha value is -4.74. The zero-order chi connectivity index (χ0) is 30.8. The fourth-order valence-electron chi connectivity index (χ4n) is 5.76. The van der Waals surface area contributed by atoms with Gasteiger partial charge in [0, 0.05) is 43.5 Å². The van der Waals surface area contributed by atoms with Gasteiger partial charge in [-0.25, -0.2) is 4.98 Å². The first-order valence-corrected chi connectivity index (χ1v) is 14.8. The summed E-state index contributed by atoms with van der Waals surface area (Å²) in [5.41, 5.74) is 4.22. The lowest BCUT2D eigenvalue weighted by Crippen LogP contribution is -2.44. The Morgan fingerprint density at radius 1 is 1.18 bits per heavy atom. The van der Waals surface area contributed by atoms with Crippen molar-refractivity contribution in [1.82, 2.24) is 19.4 Å². The molecule has 0 saturated carbocycles. The number of anilines is 5. The Kier molecular flexibility index (Phi) is 8.32. The van der Waals surface area contributed by atoms with Gasteiger partial charge in [-0.2, -0.15) is 4.98 Å². The third kappa shape index (κ3) is 5.76. The van der Waals surface area contributed by atoms with Gasteiger partial charge in [0.15, 0.2) is 0 Å².